The predicted octanol–water partition coefficient (Wildman–Crippen LogP) is 4.78. The Kier molecular flexibility index (Phi) is 6.44. The van der Waals surface area contributed by atoms with Crippen LogP contribution in [0.2, 0.25) is 0 Å². The molecule has 0 radical (unpaired) electrons. The second-order valence-corrected chi connectivity index (χ2v) is 9.52. The number of rotatable bonds is 6. The molecule has 3 N–H and O–H groups in total. The number of nitrogens with zero attached hydrogens (tertiary/aromatic N) is 4. The van der Waals surface area contributed by atoms with Gasteiger partial charge in [-0.15, -0.1) is 10.2 Å². The van der Waals surface area contributed by atoms with Crippen LogP contribution in [-0.4, -0.2) is 41.5 Å². The average molecular weight is 452 g/mol. The molecule has 1 fully saturated rings. The highest BCUT2D eigenvalue weighted by Gasteiger charge is 2.31. The van der Waals surface area contributed by atoms with Crippen LogP contribution < -0.4 is 5.32 Å². The van der Waals surface area contributed by atoms with E-state index >= 15 is 0 Å². The molecule has 0 unspecified atom stereocenters. The molecule has 0 atom stereocenters. The maximum atomic E-state index is 13.0. The zero-order valence-electron chi connectivity index (χ0n) is 19.7. The maximum absolute atomic E-state index is 13.0. The summed E-state index contributed by atoms with van der Waals surface area (Å²) in [5.41, 5.74) is 1.18. The summed E-state index contributed by atoms with van der Waals surface area (Å²) in [6.07, 6.45) is 7.87. The molecule has 1 aliphatic rings. The summed E-state index contributed by atoms with van der Waals surface area (Å²) in [6.45, 7) is 7.76. The van der Waals surface area contributed by atoms with Crippen molar-refractivity contribution < 1.29 is 15.0 Å². The van der Waals surface area contributed by atoms with E-state index in [2.05, 4.69) is 32.5 Å². The van der Waals surface area contributed by atoms with Crippen LogP contribution in [0.15, 0.2) is 36.7 Å². The second-order valence-electron chi connectivity index (χ2n) is 9.52. The van der Waals surface area contributed by atoms with Crippen LogP contribution in [0.1, 0.15) is 87.6 Å². The van der Waals surface area contributed by atoms with Gasteiger partial charge in [0.15, 0.2) is 5.82 Å². The van der Waals surface area contributed by atoms with E-state index in [0.29, 0.717) is 23.0 Å². The van der Waals surface area contributed by atoms with E-state index in [1.807, 2.05) is 44.4 Å². The molecule has 0 aliphatic heterocycles. The standard InChI is InChI=1S/C25H33N5O3/c1-15(2)19-13-20(22(32)14-21(19)31)23-27-28-24(25(33)26-16(3)4)30(23)18-9-7-17(8-10-18)29-11-5-6-12-29/h5-6,11-18,31-32H,7-10H2,1-4H3,(H,26,33). The summed E-state index contributed by atoms with van der Waals surface area (Å²) >= 11 is 0. The highest BCUT2D eigenvalue weighted by Crippen LogP contribution is 2.41. The fraction of sp³-hybridized carbons (Fsp3) is 0.480. The summed E-state index contributed by atoms with van der Waals surface area (Å²) in [4.78, 5) is 13.0. The molecule has 1 saturated carbocycles. The predicted molar refractivity (Wildman–Crippen MR) is 126 cm³/mol. The summed E-state index contributed by atoms with van der Waals surface area (Å²) in [5.74, 6) is 0.444. The summed E-state index contributed by atoms with van der Waals surface area (Å²) in [6, 6.07) is 7.61. The molecule has 8 nitrogen and oxygen atoms in total. The van der Waals surface area contributed by atoms with Gasteiger partial charge in [-0.25, -0.2) is 0 Å². The monoisotopic (exact) mass is 451 g/mol. The number of aromatic nitrogens is 4. The Balaban J connectivity index is 1.74. The fourth-order valence-electron chi connectivity index (χ4n) is 4.74. The Morgan fingerprint density at radius 1 is 0.970 bits per heavy atom. The number of amides is 1. The first-order valence-electron chi connectivity index (χ1n) is 11.7. The highest BCUT2D eigenvalue weighted by molar-refractivity contribution is 5.91. The van der Waals surface area contributed by atoms with Crippen molar-refractivity contribution in [3.8, 4) is 22.9 Å². The minimum atomic E-state index is -0.279. The quantitative estimate of drug-likeness (QED) is 0.500. The Morgan fingerprint density at radius 3 is 2.21 bits per heavy atom. The first-order valence-corrected chi connectivity index (χ1v) is 11.7. The van der Waals surface area contributed by atoms with E-state index in [1.165, 1.54) is 6.07 Å². The lowest BCUT2D eigenvalue weighted by molar-refractivity contribution is 0.0923. The third-order valence-electron chi connectivity index (χ3n) is 6.41. The van der Waals surface area contributed by atoms with E-state index in [-0.39, 0.29) is 41.2 Å². The van der Waals surface area contributed by atoms with Gasteiger partial charge in [0.1, 0.15) is 11.5 Å². The lowest BCUT2D eigenvalue weighted by atomic mass is 9.90. The molecule has 8 heteroatoms. The zero-order chi connectivity index (χ0) is 23.7. The summed E-state index contributed by atoms with van der Waals surface area (Å²) in [5, 5.41) is 32.5. The molecule has 0 bridgehead atoms. The molecule has 176 valence electrons. The van der Waals surface area contributed by atoms with E-state index in [9.17, 15) is 15.0 Å². The van der Waals surface area contributed by atoms with Crippen molar-refractivity contribution in [2.45, 2.75) is 77.4 Å². The fourth-order valence-corrected chi connectivity index (χ4v) is 4.74. The molecule has 0 saturated heterocycles. The van der Waals surface area contributed by atoms with Gasteiger partial charge in [0.05, 0.1) is 5.56 Å². The first kappa shape index (κ1) is 22.9. The van der Waals surface area contributed by atoms with E-state index in [0.717, 1.165) is 25.7 Å². The molecule has 3 aromatic rings. The zero-order valence-corrected chi connectivity index (χ0v) is 19.7. The number of aromatic hydroxyl groups is 2. The maximum Gasteiger partial charge on any atom is 0.289 e. The molecule has 1 amide bonds. The van der Waals surface area contributed by atoms with Crippen molar-refractivity contribution in [2.75, 3.05) is 0 Å². The van der Waals surface area contributed by atoms with Crippen LogP contribution in [0, 0.1) is 0 Å². The number of hydrogen-bond acceptors (Lipinski definition) is 5. The van der Waals surface area contributed by atoms with Gasteiger partial charge in [0.2, 0.25) is 5.82 Å². The van der Waals surface area contributed by atoms with Crippen molar-refractivity contribution in [1.29, 1.82) is 0 Å². The van der Waals surface area contributed by atoms with Gasteiger partial charge in [-0.2, -0.15) is 0 Å². The molecule has 1 aromatic carbocycles. The van der Waals surface area contributed by atoms with Crippen molar-refractivity contribution >= 4 is 5.91 Å². The normalized spacial score (nSPS) is 18.7. The van der Waals surface area contributed by atoms with Gasteiger partial charge in [-0.1, -0.05) is 13.8 Å². The third-order valence-corrected chi connectivity index (χ3v) is 6.41. The molecule has 33 heavy (non-hydrogen) atoms. The number of nitrogens with one attached hydrogen (secondary N) is 1. The molecular formula is C25H33N5O3. The lowest BCUT2D eigenvalue weighted by Gasteiger charge is -2.31. The van der Waals surface area contributed by atoms with Crippen molar-refractivity contribution in [3.63, 3.8) is 0 Å². The number of carbonyl (C=O) groups is 1. The van der Waals surface area contributed by atoms with Crippen molar-refractivity contribution in [2.24, 2.45) is 0 Å². The Morgan fingerprint density at radius 2 is 1.61 bits per heavy atom. The third kappa shape index (κ3) is 4.60. The van der Waals surface area contributed by atoms with Gasteiger partial charge >= 0.3 is 0 Å². The van der Waals surface area contributed by atoms with Crippen molar-refractivity contribution in [1.82, 2.24) is 24.6 Å². The Bertz CT molecular complexity index is 1110. The number of phenolic OH excluding ortho intramolecular Hbond substituents is 2. The minimum Gasteiger partial charge on any atom is -0.508 e. The Labute approximate surface area is 194 Å². The topological polar surface area (TPSA) is 105 Å². The summed E-state index contributed by atoms with van der Waals surface area (Å²) in [7, 11) is 0. The molecule has 0 spiro atoms. The van der Waals surface area contributed by atoms with Gasteiger partial charge < -0.3 is 20.1 Å². The molecule has 4 rings (SSSR count). The number of benzene rings is 1. The Hall–Kier alpha value is -3.29. The SMILES string of the molecule is CC(C)NC(=O)c1nnc(-c2cc(C(C)C)c(O)cc2O)n1C1CCC(n2cccc2)CC1. The van der Waals surface area contributed by atoms with Crippen LogP contribution in [0.4, 0.5) is 0 Å². The number of carbonyl (C=O) groups excluding carboxylic acids is 1. The first-order chi connectivity index (χ1) is 15.8. The van der Waals surface area contributed by atoms with Crippen LogP contribution >= 0.6 is 0 Å². The minimum absolute atomic E-state index is 0.0328. The summed E-state index contributed by atoms with van der Waals surface area (Å²) < 4.78 is 4.14. The van der Waals surface area contributed by atoms with Crippen LogP contribution in [0.5, 0.6) is 11.5 Å². The van der Waals surface area contributed by atoms with Crippen molar-refractivity contribution in [3.05, 3.63) is 48.0 Å². The lowest BCUT2D eigenvalue weighted by Crippen LogP contribution is -2.33. The van der Waals surface area contributed by atoms with Gasteiger partial charge in [-0.3, -0.25) is 9.36 Å². The highest BCUT2D eigenvalue weighted by atomic mass is 16.3. The molecule has 2 aromatic heterocycles. The van der Waals surface area contributed by atoms with E-state index in [1.54, 1.807) is 6.07 Å². The molecular weight excluding hydrogens is 418 g/mol. The van der Waals surface area contributed by atoms with Crippen LogP contribution in [-0.2, 0) is 0 Å². The second kappa shape index (κ2) is 9.29. The van der Waals surface area contributed by atoms with Gasteiger partial charge in [-0.05, 0) is 69.2 Å². The molecule has 2 heterocycles. The number of phenols is 2. The van der Waals surface area contributed by atoms with Crippen LogP contribution in [0.3, 0.4) is 0 Å². The average Bonchev–Trinajstić information content (AvgIpc) is 3.43. The van der Waals surface area contributed by atoms with Gasteiger partial charge in [0, 0.05) is 36.6 Å². The van der Waals surface area contributed by atoms with E-state index < -0.39 is 0 Å². The van der Waals surface area contributed by atoms with E-state index in [4.69, 9.17) is 0 Å². The van der Waals surface area contributed by atoms with Crippen LogP contribution in [0.25, 0.3) is 11.4 Å². The molecule has 1 aliphatic carbocycles. The number of hydrogen-bond donors (Lipinski definition) is 3. The van der Waals surface area contributed by atoms with Gasteiger partial charge in [0.25, 0.3) is 5.91 Å². The largest absolute Gasteiger partial charge is 0.508 e. The smallest absolute Gasteiger partial charge is 0.289 e.